The lowest BCUT2D eigenvalue weighted by Crippen LogP contribution is -2.28. The quantitative estimate of drug-likeness (QED) is 0.608. The summed E-state index contributed by atoms with van der Waals surface area (Å²) >= 11 is 0.888. The van der Waals surface area contributed by atoms with Crippen LogP contribution in [0.15, 0.2) is 41.7 Å². The van der Waals surface area contributed by atoms with E-state index >= 15 is 0 Å². The SMILES string of the molecule is Cc1ccccc1CN(C)C(=O)CSc1nccc(C(F)(F)F)n1. The largest absolute Gasteiger partial charge is 0.433 e. The lowest BCUT2D eigenvalue weighted by atomic mass is 10.1. The standard InChI is InChI=1S/C16H16F3N3OS/c1-11-5-3-4-6-12(11)9-22(2)14(23)10-24-15-20-8-7-13(21-15)16(17,18)19/h3-8H,9-10H2,1-2H3. The number of rotatable bonds is 5. The van der Waals surface area contributed by atoms with Crippen molar-refractivity contribution in [2.45, 2.75) is 24.8 Å². The number of aromatic nitrogens is 2. The van der Waals surface area contributed by atoms with E-state index in [1.807, 2.05) is 31.2 Å². The summed E-state index contributed by atoms with van der Waals surface area (Å²) in [4.78, 5) is 20.9. The Labute approximate surface area is 142 Å². The molecular weight excluding hydrogens is 339 g/mol. The van der Waals surface area contributed by atoms with Crippen molar-refractivity contribution in [2.75, 3.05) is 12.8 Å². The molecule has 0 unspecified atom stereocenters. The first-order chi connectivity index (χ1) is 11.3. The van der Waals surface area contributed by atoms with Gasteiger partial charge in [-0.25, -0.2) is 9.97 Å². The Morgan fingerprint density at radius 3 is 2.62 bits per heavy atom. The molecule has 0 saturated heterocycles. The van der Waals surface area contributed by atoms with E-state index in [1.165, 1.54) is 4.90 Å². The fourth-order valence-corrected chi connectivity index (χ4v) is 2.71. The number of hydrogen-bond donors (Lipinski definition) is 0. The number of halogens is 3. The highest BCUT2D eigenvalue weighted by Crippen LogP contribution is 2.28. The highest BCUT2D eigenvalue weighted by molar-refractivity contribution is 7.99. The Hall–Kier alpha value is -2.09. The molecule has 1 heterocycles. The van der Waals surface area contributed by atoms with Gasteiger partial charge in [0.05, 0.1) is 5.75 Å². The third-order valence-electron chi connectivity index (χ3n) is 3.34. The van der Waals surface area contributed by atoms with Gasteiger partial charge < -0.3 is 4.90 Å². The van der Waals surface area contributed by atoms with E-state index in [1.54, 1.807) is 7.05 Å². The molecule has 2 aromatic rings. The summed E-state index contributed by atoms with van der Waals surface area (Å²) in [7, 11) is 1.66. The molecule has 1 amide bonds. The van der Waals surface area contributed by atoms with Gasteiger partial charge in [-0.1, -0.05) is 36.0 Å². The minimum atomic E-state index is -4.52. The molecule has 0 bridgehead atoms. The van der Waals surface area contributed by atoms with Crippen molar-refractivity contribution >= 4 is 17.7 Å². The van der Waals surface area contributed by atoms with Gasteiger partial charge in [-0.05, 0) is 24.1 Å². The first-order valence-electron chi connectivity index (χ1n) is 7.09. The molecule has 1 aromatic carbocycles. The summed E-state index contributed by atoms with van der Waals surface area (Å²) in [6.07, 6.45) is -3.48. The summed E-state index contributed by atoms with van der Waals surface area (Å²) in [6.45, 7) is 2.40. The predicted molar refractivity (Wildman–Crippen MR) is 85.4 cm³/mol. The molecule has 2 rings (SSSR count). The number of aryl methyl sites for hydroxylation is 1. The minimum Gasteiger partial charge on any atom is -0.341 e. The Balaban J connectivity index is 1.94. The smallest absolute Gasteiger partial charge is 0.341 e. The maximum Gasteiger partial charge on any atom is 0.433 e. The van der Waals surface area contributed by atoms with Crippen LogP contribution < -0.4 is 0 Å². The number of thioether (sulfide) groups is 1. The van der Waals surface area contributed by atoms with E-state index in [2.05, 4.69) is 9.97 Å². The van der Waals surface area contributed by atoms with Crippen LogP contribution in [0.1, 0.15) is 16.8 Å². The normalized spacial score (nSPS) is 11.4. The Bertz CT molecular complexity index is 722. The molecule has 0 atom stereocenters. The molecule has 24 heavy (non-hydrogen) atoms. The number of hydrogen-bond acceptors (Lipinski definition) is 4. The van der Waals surface area contributed by atoms with Gasteiger partial charge in [0, 0.05) is 19.8 Å². The zero-order valence-electron chi connectivity index (χ0n) is 13.2. The van der Waals surface area contributed by atoms with Gasteiger partial charge in [0.2, 0.25) is 5.91 Å². The summed E-state index contributed by atoms with van der Waals surface area (Å²) in [6, 6.07) is 8.50. The van der Waals surface area contributed by atoms with Crippen molar-refractivity contribution in [2.24, 2.45) is 0 Å². The number of nitrogens with zero attached hydrogens (tertiary/aromatic N) is 3. The average molecular weight is 355 g/mol. The van der Waals surface area contributed by atoms with Crippen LogP contribution in [0.5, 0.6) is 0 Å². The Morgan fingerprint density at radius 1 is 1.25 bits per heavy atom. The second-order valence-electron chi connectivity index (χ2n) is 5.19. The number of alkyl halides is 3. The van der Waals surface area contributed by atoms with Crippen molar-refractivity contribution in [3.05, 3.63) is 53.3 Å². The molecule has 0 aliphatic heterocycles. The van der Waals surface area contributed by atoms with Crippen molar-refractivity contribution in [1.82, 2.24) is 14.9 Å². The maximum absolute atomic E-state index is 12.6. The summed E-state index contributed by atoms with van der Waals surface area (Å²) in [5, 5.41) is -0.0672. The van der Waals surface area contributed by atoms with Gasteiger partial charge in [0.25, 0.3) is 0 Å². The summed E-state index contributed by atoms with van der Waals surface area (Å²) in [5.41, 5.74) is 1.08. The maximum atomic E-state index is 12.6. The van der Waals surface area contributed by atoms with E-state index < -0.39 is 11.9 Å². The summed E-state index contributed by atoms with van der Waals surface area (Å²) < 4.78 is 37.8. The fourth-order valence-electron chi connectivity index (χ4n) is 1.94. The summed E-state index contributed by atoms with van der Waals surface area (Å²) in [5.74, 6) is -0.228. The molecule has 0 N–H and O–H groups in total. The number of carbonyl (C=O) groups is 1. The molecule has 8 heteroatoms. The monoisotopic (exact) mass is 355 g/mol. The van der Waals surface area contributed by atoms with Crippen LogP contribution >= 0.6 is 11.8 Å². The van der Waals surface area contributed by atoms with Gasteiger partial charge in [-0.2, -0.15) is 13.2 Å². The van der Waals surface area contributed by atoms with E-state index in [0.29, 0.717) is 6.54 Å². The molecule has 0 saturated carbocycles. The van der Waals surface area contributed by atoms with E-state index in [9.17, 15) is 18.0 Å². The fraction of sp³-hybridized carbons (Fsp3) is 0.312. The lowest BCUT2D eigenvalue weighted by molar-refractivity contribution is -0.141. The first kappa shape index (κ1) is 18.3. The van der Waals surface area contributed by atoms with Gasteiger partial charge in [0.1, 0.15) is 5.69 Å². The van der Waals surface area contributed by atoms with E-state index in [0.717, 1.165) is 35.2 Å². The van der Waals surface area contributed by atoms with Crippen LogP contribution in [0.4, 0.5) is 13.2 Å². The highest BCUT2D eigenvalue weighted by atomic mass is 32.2. The Kier molecular flexibility index (Phi) is 5.82. The van der Waals surface area contributed by atoms with Crippen LogP contribution in [0.25, 0.3) is 0 Å². The van der Waals surface area contributed by atoms with Gasteiger partial charge >= 0.3 is 6.18 Å². The van der Waals surface area contributed by atoms with Crippen LogP contribution in [0, 0.1) is 6.92 Å². The van der Waals surface area contributed by atoms with Crippen LogP contribution in [-0.4, -0.2) is 33.6 Å². The third-order valence-corrected chi connectivity index (χ3v) is 4.19. The second-order valence-corrected chi connectivity index (χ2v) is 6.13. The lowest BCUT2D eigenvalue weighted by Gasteiger charge is -2.18. The van der Waals surface area contributed by atoms with Crippen LogP contribution in [-0.2, 0) is 17.5 Å². The van der Waals surface area contributed by atoms with E-state index in [4.69, 9.17) is 0 Å². The molecule has 1 aromatic heterocycles. The van der Waals surface area contributed by atoms with Crippen molar-refractivity contribution in [3.63, 3.8) is 0 Å². The van der Waals surface area contributed by atoms with Crippen LogP contribution in [0.2, 0.25) is 0 Å². The molecule has 0 aliphatic carbocycles. The van der Waals surface area contributed by atoms with Gasteiger partial charge in [-0.15, -0.1) is 0 Å². The molecule has 4 nitrogen and oxygen atoms in total. The highest BCUT2D eigenvalue weighted by Gasteiger charge is 2.32. The van der Waals surface area contributed by atoms with Crippen molar-refractivity contribution in [1.29, 1.82) is 0 Å². The average Bonchev–Trinajstić information content (AvgIpc) is 2.54. The van der Waals surface area contributed by atoms with Gasteiger partial charge in [-0.3, -0.25) is 4.79 Å². The number of carbonyl (C=O) groups excluding carboxylic acids is 1. The molecule has 128 valence electrons. The second kappa shape index (κ2) is 7.65. The topological polar surface area (TPSA) is 46.1 Å². The van der Waals surface area contributed by atoms with Crippen LogP contribution in [0.3, 0.4) is 0 Å². The number of amides is 1. The molecule has 0 radical (unpaired) electrons. The third kappa shape index (κ3) is 4.95. The zero-order valence-corrected chi connectivity index (χ0v) is 14.0. The zero-order chi connectivity index (χ0) is 17.7. The van der Waals surface area contributed by atoms with Crippen molar-refractivity contribution in [3.8, 4) is 0 Å². The Morgan fingerprint density at radius 2 is 1.96 bits per heavy atom. The van der Waals surface area contributed by atoms with Gasteiger partial charge in [0.15, 0.2) is 5.16 Å². The minimum absolute atomic E-state index is 0.0241. The number of benzene rings is 1. The molecule has 0 aliphatic rings. The molecule has 0 fully saturated rings. The first-order valence-corrected chi connectivity index (χ1v) is 8.07. The van der Waals surface area contributed by atoms with Crippen molar-refractivity contribution < 1.29 is 18.0 Å². The predicted octanol–water partition coefficient (Wildman–Crippen LogP) is 3.55. The molecular formula is C16H16F3N3OS. The molecule has 0 spiro atoms. The van der Waals surface area contributed by atoms with E-state index in [-0.39, 0.29) is 16.8 Å².